The molecule has 4 heteroatoms. The summed E-state index contributed by atoms with van der Waals surface area (Å²) < 4.78 is 38.8. The van der Waals surface area contributed by atoms with Crippen LogP contribution in [0.3, 0.4) is 0 Å². The number of benzene rings is 1. The number of nitrogens with one attached hydrogen (secondary N) is 1. The van der Waals surface area contributed by atoms with Crippen LogP contribution in [0, 0.1) is 23.4 Å². The molecule has 0 aliphatic carbocycles. The Bertz CT molecular complexity index is 366. The highest BCUT2D eigenvalue weighted by Gasteiger charge is 2.14. The van der Waals surface area contributed by atoms with E-state index in [-0.39, 0.29) is 6.04 Å². The Morgan fingerprint density at radius 2 is 1.56 bits per heavy atom. The number of halogens is 3. The van der Waals surface area contributed by atoms with E-state index in [1.807, 2.05) is 6.92 Å². The molecule has 1 rings (SSSR count). The maximum atomic E-state index is 13.0. The zero-order chi connectivity index (χ0) is 13.7. The predicted octanol–water partition coefficient (Wildman–Crippen LogP) is 4.02. The molecule has 0 aliphatic rings. The fraction of sp³-hybridized carbons (Fsp3) is 0.571. The second-order valence-corrected chi connectivity index (χ2v) is 4.62. The van der Waals surface area contributed by atoms with Crippen molar-refractivity contribution >= 4 is 0 Å². The molecule has 1 aromatic rings. The monoisotopic (exact) mass is 259 g/mol. The van der Waals surface area contributed by atoms with Crippen molar-refractivity contribution in [2.75, 3.05) is 0 Å². The Labute approximate surface area is 106 Å². The van der Waals surface area contributed by atoms with Crippen LogP contribution < -0.4 is 5.32 Å². The van der Waals surface area contributed by atoms with E-state index >= 15 is 0 Å². The Kier molecular flexibility index (Phi) is 5.66. The standard InChI is InChI=1S/C14H20F3N/c1-4-11(5-2)9(3)18-8-10-6-12(15)14(17)13(16)7-10/h6-7,9,11,18H,4-5,8H2,1-3H3. The van der Waals surface area contributed by atoms with E-state index in [0.29, 0.717) is 18.0 Å². The van der Waals surface area contributed by atoms with E-state index in [1.54, 1.807) is 0 Å². The zero-order valence-electron chi connectivity index (χ0n) is 11.1. The quantitative estimate of drug-likeness (QED) is 0.761. The molecule has 0 aromatic heterocycles. The second kappa shape index (κ2) is 6.78. The molecular weight excluding hydrogens is 239 g/mol. The molecule has 0 fully saturated rings. The summed E-state index contributed by atoms with van der Waals surface area (Å²) in [5.41, 5.74) is 0.421. The smallest absolute Gasteiger partial charge is 0.194 e. The Morgan fingerprint density at radius 3 is 2.00 bits per heavy atom. The molecule has 18 heavy (non-hydrogen) atoms. The van der Waals surface area contributed by atoms with Crippen molar-refractivity contribution in [2.24, 2.45) is 5.92 Å². The summed E-state index contributed by atoms with van der Waals surface area (Å²) in [4.78, 5) is 0. The molecule has 0 amide bonds. The lowest BCUT2D eigenvalue weighted by atomic mass is 9.95. The molecule has 0 spiro atoms. The van der Waals surface area contributed by atoms with Crippen molar-refractivity contribution in [3.8, 4) is 0 Å². The average Bonchev–Trinajstić information content (AvgIpc) is 2.34. The van der Waals surface area contributed by atoms with Gasteiger partial charge in [0.1, 0.15) is 0 Å². The molecule has 0 aliphatic heterocycles. The molecule has 1 atom stereocenters. The van der Waals surface area contributed by atoms with Crippen LogP contribution in [0.5, 0.6) is 0 Å². The molecule has 0 heterocycles. The van der Waals surface area contributed by atoms with E-state index < -0.39 is 17.5 Å². The van der Waals surface area contributed by atoms with Gasteiger partial charge in [0.05, 0.1) is 0 Å². The predicted molar refractivity (Wildman–Crippen MR) is 66.7 cm³/mol. The first-order valence-corrected chi connectivity index (χ1v) is 6.36. The minimum atomic E-state index is -1.41. The van der Waals surface area contributed by atoms with Gasteiger partial charge in [-0.1, -0.05) is 26.7 Å². The molecule has 0 bridgehead atoms. The molecular formula is C14H20F3N. The molecule has 102 valence electrons. The van der Waals surface area contributed by atoms with Gasteiger partial charge in [-0.2, -0.15) is 0 Å². The van der Waals surface area contributed by atoms with Crippen LogP contribution in [0.25, 0.3) is 0 Å². The summed E-state index contributed by atoms with van der Waals surface area (Å²) >= 11 is 0. The van der Waals surface area contributed by atoms with E-state index in [4.69, 9.17) is 0 Å². The van der Waals surface area contributed by atoms with E-state index in [0.717, 1.165) is 25.0 Å². The van der Waals surface area contributed by atoms with Crippen molar-refractivity contribution in [3.05, 3.63) is 35.1 Å². The van der Waals surface area contributed by atoms with Crippen LogP contribution in [0.15, 0.2) is 12.1 Å². The third kappa shape index (κ3) is 3.73. The van der Waals surface area contributed by atoms with Crippen LogP contribution >= 0.6 is 0 Å². The summed E-state index contributed by atoms with van der Waals surface area (Å²) in [7, 11) is 0. The van der Waals surface area contributed by atoms with E-state index in [1.165, 1.54) is 0 Å². The lowest BCUT2D eigenvalue weighted by Gasteiger charge is -2.22. The van der Waals surface area contributed by atoms with Crippen molar-refractivity contribution < 1.29 is 13.2 Å². The number of hydrogen-bond acceptors (Lipinski definition) is 1. The van der Waals surface area contributed by atoms with Gasteiger partial charge in [0.15, 0.2) is 17.5 Å². The Balaban J connectivity index is 2.64. The maximum absolute atomic E-state index is 13.0. The molecule has 0 radical (unpaired) electrons. The minimum absolute atomic E-state index is 0.260. The van der Waals surface area contributed by atoms with Gasteiger partial charge in [-0.25, -0.2) is 13.2 Å². The summed E-state index contributed by atoms with van der Waals surface area (Å²) in [6, 6.07) is 2.33. The lowest BCUT2D eigenvalue weighted by Crippen LogP contribution is -2.32. The van der Waals surface area contributed by atoms with Crippen molar-refractivity contribution in [1.82, 2.24) is 5.32 Å². The third-order valence-electron chi connectivity index (χ3n) is 3.43. The molecule has 0 saturated heterocycles. The van der Waals surface area contributed by atoms with Crippen LogP contribution in [0.1, 0.15) is 39.2 Å². The largest absolute Gasteiger partial charge is 0.310 e. The molecule has 1 aromatic carbocycles. The van der Waals surface area contributed by atoms with Gasteiger partial charge >= 0.3 is 0 Å². The van der Waals surface area contributed by atoms with Gasteiger partial charge in [0.25, 0.3) is 0 Å². The third-order valence-corrected chi connectivity index (χ3v) is 3.43. The van der Waals surface area contributed by atoms with E-state index in [2.05, 4.69) is 19.2 Å². The van der Waals surface area contributed by atoms with Gasteiger partial charge in [-0.15, -0.1) is 0 Å². The topological polar surface area (TPSA) is 12.0 Å². The summed E-state index contributed by atoms with van der Waals surface area (Å²) in [5.74, 6) is -3.16. The number of rotatable bonds is 6. The normalized spacial score (nSPS) is 13.1. The van der Waals surface area contributed by atoms with Gasteiger partial charge in [0, 0.05) is 12.6 Å². The summed E-state index contributed by atoms with van der Waals surface area (Å²) in [6.45, 7) is 6.62. The van der Waals surface area contributed by atoms with Crippen LogP contribution in [-0.4, -0.2) is 6.04 Å². The molecule has 1 N–H and O–H groups in total. The van der Waals surface area contributed by atoms with Gasteiger partial charge in [0.2, 0.25) is 0 Å². The molecule has 0 saturated carbocycles. The SMILES string of the molecule is CCC(CC)C(C)NCc1cc(F)c(F)c(F)c1. The molecule has 1 nitrogen and oxygen atoms in total. The minimum Gasteiger partial charge on any atom is -0.310 e. The fourth-order valence-electron chi connectivity index (χ4n) is 2.15. The summed E-state index contributed by atoms with van der Waals surface area (Å²) in [5, 5.41) is 3.22. The average molecular weight is 259 g/mol. The van der Waals surface area contributed by atoms with Crippen LogP contribution in [-0.2, 0) is 6.54 Å². The van der Waals surface area contributed by atoms with Gasteiger partial charge in [-0.3, -0.25) is 0 Å². The van der Waals surface area contributed by atoms with Crippen LogP contribution in [0.2, 0.25) is 0 Å². The van der Waals surface area contributed by atoms with Crippen LogP contribution in [0.4, 0.5) is 13.2 Å². The highest BCUT2D eigenvalue weighted by Crippen LogP contribution is 2.16. The number of hydrogen-bond donors (Lipinski definition) is 1. The Hall–Kier alpha value is -1.03. The highest BCUT2D eigenvalue weighted by atomic mass is 19.2. The zero-order valence-corrected chi connectivity index (χ0v) is 11.1. The van der Waals surface area contributed by atoms with Gasteiger partial charge in [-0.05, 0) is 30.5 Å². The van der Waals surface area contributed by atoms with Crippen molar-refractivity contribution in [3.63, 3.8) is 0 Å². The molecule has 1 unspecified atom stereocenters. The fourth-order valence-corrected chi connectivity index (χ4v) is 2.15. The first-order valence-electron chi connectivity index (χ1n) is 6.36. The first-order chi connectivity index (χ1) is 8.49. The first kappa shape index (κ1) is 15.0. The second-order valence-electron chi connectivity index (χ2n) is 4.62. The van der Waals surface area contributed by atoms with E-state index in [9.17, 15) is 13.2 Å². The maximum Gasteiger partial charge on any atom is 0.194 e. The Morgan fingerprint density at radius 1 is 1.06 bits per heavy atom. The highest BCUT2D eigenvalue weighted by molar-refractivity contribution is 5.19. The van der Waals surface area contributed by atoms with Crippen molar-refractivity contribution in [1.29, 1.82) is 0 Å². The lowest BCUT2D eigenvalue weighted by molar-refractivity contribution is 0.352. The van der Waals surface area contributed by atoms with Crippen molar-refractivity contribution in [2.45, 2.75) is 46.2 Å². The summed E-state index contributed by atoms with van der Waals surface area (Å²) in [6.07, 6.45) is 2.10. The van der Waals surface area contributed by atoms with Gasteiger partial charge < -0.3 is 5.32 Å².